The zero-order valence-electron chi connectivity index (χ0n) is 26.4. The normalized spacial score (nSPS) is 12.7. The Morgan fingerprint density at radius 1 is 1.00 bits per heavy atom. The van der Waals surface area contributed by atoms with Gasteiger partial charge < -0.3 is 19.5 Å². The number of ether oxygens (including phenoxy) is 2. The third-order valence-electron chi connectivity index (χ3n) is 7.65. The Labute approximate surface area is 251 Å². The van der Waals surface area contributed by atoms with Gasteiger partial charge in [-0.3, -0.25) is 14.6 Å². The lowest BCUT2D eigenvalue weighted by Gasteiger charge is -2.31. The molecule has 9 heteroatoms. The van der Waals surface area contributed by atoms with Gasteiger partial charge in [0.15, 0.2) is 11.4 Å². The molecular formula is C33H50N4O5. The number of methoxy groups -OCH3 is 1. The zero-order valence-corrected chi connectivity index (χ0v) is 26.4. The lowest BCUT2D eigenvalue weighted by molar-refractivity contribution is 0.0685. The Morgan fingerprint density at radius 3 is 2.12 bits per heavy atom. The van der Waals surface area contributed by atoms with Crippen molar-refractivity contribution in [3.63, 3.8) is 0 Å². The third-order valence-corrected chi connectivity index (χ3v) is 7.65. The van der Waals surface area contributed by atoms with E-state index >= 15 is 0 Å². The number of pyridine rings is 1. The highest BCUT2D eigenvalue weighted by Gasteiger charge is 2.25. The molecule has 0 aliphatic heterocycles. The van der Waals surface area contributed by atoms with E-state index in [0.29, 0.717) is 42.8 Å². The third kappa shape index (κ3) is 9.46. The summed E-state index contributed by atoms with van der Waals surface area (Å²) in [5.74, 6) is 0.403. The second-order valence-electron chi connectivity index (χ2n) is 10.7. The second kappa shape index (κ2) is 18.0. The molecule has 232 valence electrons. The summed E-state index contributed by atoms with van der Waals surface area (Å²) in [4.78, 5) is 31.3. The topological polar surface area (TPSA) is 117 Å². The highest BCUT2D eigenvalue weighted by molar-refractivity contribution is 5.99. The van der Waals surface area contributed by atoms with Gasteiger partial charge in [-0.2, -0.15) is 0 Å². The highest BCUT2D eigenvalue weighted by atomic mass is 16.5. The molecule has 2 unspecified atom stereocenters. The van der Waals surface area contributed by atoms with Gasteiger partial charge in [0.25, 0.3) is 11.5 Å². The molecule has 1 amide bonds. The number of aromatic hydroxyl groups is 1. The molecule has 42 heavy (non-hydrogen) atoms. The molecule has 2 atom stereocenters. The summed E-state index contributed by atoms with van der Waals surface area (Å²) < 4.78 is 10.9. The van der Waals surface area contributed by atoms with Crippen LogP contribution in [0.3, 0.4) is 0 Å². The van der Waals surface area contributed by atoms with E-state index in [2.05, 4.69) is 49.5 Å². The molecule has 1 aromatic carbocycles. The number of carbonyl (C=O) groups is 1. The Hall–Kier alpha value is -3.62. The number of rotatable bonds is 19. The number of aromatic nitrogens is 1. The molecule has 0 aliphatic carbocycles. The number of benzene rings is 1. The van der Waals surface area contributed by atoms with Crippen molar-refractivity contribution >= 4 is 23.0 Å². The molecule has 0 bridgehead atoms. The van der Waals surface area contributed by atoms with Gasteiger partial charge in [-0.25, -0.2) is 0 Å². The van der Waals surface area contributed by atoms with Crippen LogP contribution in [0.5, 0.6) is 11.6 Å². The fourth-order valence-electron chi connectivity index (χ4n) is 5.07. The largest absolute Gasteiger partial charge is 0.494 e. The van der Waals surface area contributed by atoms with Gasteiger partial charge in [-0.1, -0.05) is 84.9 Å². The van der Waals surface area contributed by atoms with Crippen molar-refractivity contribution in [1.29, 1.82) is 0 Å². The molecular weight excluding hydrogens is 532 g/mol. The van der Waals surface area contributed by atoms with Crippen LogP contribution in [0.25, 0.3) is 5.76 Å². The van der Waals surface area contributed by atoms with Gasteiger partial charge in [0.2, 0.25) is 5.88 Å². The van der Waals surface area contributed by atoms with Crippen molar-refractivity contribution in [3.05, 3.63) is 52.3 Å². The maximum atomic E-state index is 14.1. The summed E-state index contributed by atoms with van der Waals surface area (Å²) >= 11 is 0. The summed E-state index contributed by atoms with van der Waals surface area (Å²) in [6, 6.07) is 7.05. The summed E-state index contributed by atoms with van der Waals surface area (Å²) in [6.45, 7) is 16.1. The summed E-state index contributed by atoms with van der Waals surface area (Å²) in [7, 11) is 1.36. The first-order valence-corrected chi connectivity index (χ1v) is 15.4. The lowest BCUT2D eigenvalue weighted by Crippen LogP contribution is -2.39. The number of azo groups is 1. The predicted octanol–water partition coefficient (Wildman–Crippen LogP) is 8.39. The first-order chi connectivity index (χ1) is 20.3. The first kappa shape index (κ1) is 34.6. The van der Waals surface area contributed by atoms with E-state index in [1.807, 2.05) is 11.0 Å². The maximum absolute atomic E-state index is 14.1. The van der Waals surface area contributed by atoms with Gasteiger partial charge in [0.05, 0.1) is 25.0 Å². The van der Waals surface area contributed by atoms with Crippen molar-refractivity contribution in [1.82, 2.24) is 9.88 Å². The Kier molecular flexibility index (Phi) is 14.8. The molecule has 0 aliphatic rings. The number of nitrogens with one attached hydrogen (secondary N) is 1. The van der Waals surface area contributed by atoms with E-state index in [1.54, 1.807) is 25.1 Å². The average Bonchev–Trinajstić information content (AvgIpc) is 2.99. The fraction of sp³-hybridized carbons (Fsp3) is 0.576. The molecule has 0 spiro atoms. The minimum Gasteiger partial charge on any atom is -0.494 e. The monoisotopic (exact) mass is 582 g/mol. The van der Waals surface area contributed by atoms with Gasteiger partial charge in [0.1, 0.15) is 11.3 Å². The van der Waals surface area contributed by atoms with Gasteiger partial charge in [-0.15, -0.1) is 10.2 Å². The van der Waals surface area contributed by atoms with Crippen LogP contribution in [-0.4, -0.2) is 47.7 Å². The van der Waals surface area contributed by atoms with Crippen molar-refractivity contribution in [2.75, 3.05) is 26.8 Å². The molecule has 1 aromatic heterocycles. The molecule has 9 nitrogen and oxygen atoms in total. The number of aromatic amines is 1. The molecule has 1 heterocycles. The molecule has 2 rings (SSSR count). The fourth-order valence-corrected chi connectivity index (χ4v) is 5.07. The van der Waals surface area contributed by atoms with Crippen LogP contribution in [-0.2, 0) is 4.74 Å². The Bertz CT molecular complexity index is 1220. The molecule has 2 N–H and O–H groups in total. The highest BCUT2D eigenvalue weighted by Crippen LogP contribution is 2.38. The molecule has 0 radical (unpaired) electrons. The lowest BCUT2D eigenvalue weighted by atomic mass is 9.95. The summed E-state index contributed by atoms with van der Waals surface area (Å²) in [5, 5.41) is 18.9. The van der Waals surface area contributed by atoms with Crippen LogP contribution < -0.4 is 10.3 Å². The minimum atomic E-state index is -0.699. The number of unbranched alkanes of at least 4 members (excludes halogenated alkanes) is 2. The van der Waals surface area contributed by atoms with Crippen LogP contribution >= 0.6 is 0 Å². The number of amides is 1. The van der Waals surface area contributed by atoms with Crippen molar-refractivity contribution in [2.45, 2.75) is 86.0 Å². The van der Waals surface area contributed by atoms with Gasteiger partial charge in [-0.05, 0) is 43.7 Å². The Morgan fingerprint density at radius 2 is 1.60 bits per heavy atom. The predicted molar refractivity (Wildman–Crippen MR) is 169 cm³/mol. The summed E-state index contributed by atoms with van der Waals surface area (Å²) in [6.07, 6.45) is 8.72. The minimum absolute atomic E-state index is 0.0210. The smallest absolute Gasteiger partial charge is 0.282 e. The van der Waals surface area contributed by atoms with Crippen LogP contribution in [0.4, 0.5) is 11.4 Å². The number of hydrogen-bond acceptors (Lipinski definition) is 7. The Balaban J connectivity index is 2.52. The van der Waals surface area contributed by atoms with E-state index in [-0.39, 0.29) is 28.7 Å². The molecule has 0 saturated carbocycles. The van der Waals surface area contributed by atoms with Gasteiger partial charge in [0, 0.05) is 13.1 Å². The molecule has 2 aromatic rings. The van der Waals surface area contributed by atoms with Crippen molar-refractivity contribution in [3.8, 4) is 11.6 Å². The van der Waals surface area contributed by atoms with Crippen LogP contribution in [0.2, 0.25) is 0 Å². The quantitative estimate of drug-likeness (QED) is 0.127. The van der Waals surface area contributed by atoms with E-state index in [1.165, 1.54) is 7.11 Å². The number of H-pyrrole nitrogens is 1. The first-order valence-electron chi connectivity index (χ1n) is 15.4. The molecule has 0 saturated heterocycles. The maximum Gasteiger partial charge on any atom is 0.282 e. The number of carbonyl (C=O) groups excluding carboxylic acids is 1. The van der Waals surface area contributed by atoms with Crippen molar-refractivity contribution in [2.24, 2.45) is 22.1 Å². The van der Waals surface area contributed by atoms with Crippen LogP contribution in [0, 0.1) is 11.8 Å². The van der Waals surface area contributed by atoms with E-state index in [4.69, 9.17) is 9.47 Å². The van der Waals surface area contributed by atoms with Crippen LogP contribution in [0.15, 0.2) is 45.9 Å². The zero-order chi connectivity index (χ0) is 31.1. The molecule has 0 fully saturated rings. The second-order valence-corrected chi connectivity index (χ2v) is 10.7. The SMILES string of the molecule is C=C(OCC)c1c(O)[nH]c(=O)c(N=Nc2ccccc2C(=O)N(CC(CC)CCCC)CC(CC)CCCC)c1OC. The van der Waals surface area contributed by atoms with E-state index in [9.17, 15) is 14.7 Å². The van der Waals surface area contributed by atoms with Gasteiger partial charge >= 0.3 is 0 Å². The van der Waals surface area contributed by atoms with E-state index < -0.39 is 11.4 Å². The average molecular weight is 583 g/mol. The van der Waals surface area contributed by atoms with Crippen LogP contribution in [0.1, 0.15) is 102 Å². The number of hydrogen-bond donors (Lipinski definition) is 2. The number of nitrogens with zero attached hydrogens (tertiary/aromatic N) is 3. The van der Waals surface area contributed by atoms with E-state index in [0.717, 1.165) is 51.4 Å². The van der Waals surface area contributed by atoms with Crippen molar-refractivity contribution < 1.29 is 19.4 Å². The standard InChI is InChI=1S/C33H50N4O5/c1-8-13-17-24(10-3)21-37(22-25(11-4)18-14-9-2)33(40)26-19-15-16-20-27(26)35-36-29-30(41-7)28(23(6)42-12-5)31(38)34-32(29)39/h15-16,19-20,24-25H,6,8-14,17-18,21-22H2,1-5,7H3,(H2,34,38,39). The summed E-state index contributed by atoms with van der Waals surface area (Å²) in [5.41, 5.74) is -0.0178.